The maximum Gasteiger partial charge on any atom is 0.253 e. The minimum absolute atomic E-state index is 0.00405. The normalized spacial score (nSPS) is 17.9. The van der Waals surface area contributed by atoms with E-state index in [9.17, 15) is 9.59 Å². The first kappa shape index (κ1) is 17.3. The number of nitrogens with zero attached hydrogens (tertiary/aromatic N) is 1. The molecular weight excluding hydrogens is 292 g/mol. The molecule has 0 aromatic heterocycles. The van der Waals surface area contributed by atoms with Crippen LogP contribution >= 0.6 is 0 Å². The fourth-order valence-corrected chi connectivity index (χ4v) is 2.78. The van der Waals surface area contributed by atoms with Crippen molar-refractivity contribution in [3.8, 4) is 5.75 Å². The molecule has 2 amide bonds. The highest BCUT2D eigenvalue weighted by Gasteiger charge is 2.25. The predicted octanol–water partition coefficient (Wildman–Crippen LogP) is 2.32. The molecule has 0 spiro atoms. The highest BCUT2D eigenvalue weighted by atomic mass is 16.5. The van der Waals surface area contributed by atoms with Crippen LogP contribution in [0.4, 0.5) is 0 Å². The molecule has 23 heavy (non-hydrogen) atoms. The minimum atomic E-state index is -0.00405. The van der Waals surface area contributed by atoms with E-state index >= 15 is 0 Å². The first-order valence-electron chi connectivity index (χ1n) is 8.22. The minimum Gasteiger partial charge on any atom is -0.497 e. The second kappa shape index (κ2) is 7.99. The van der Waals surface area contributed by atoms with Gasteiger partial charge in [0.25, 0.3) is 5.91 Å². The molecule has 126 valence electrons. The SMILES string of the molecule is COc1ccc(C(=O)N2CCCC(CNC(=O)C(C)C)C2)cc1. The van der Waals surface area contributed by atoms with Gasteiger partial charge in [0.1, 0.15) is 5.75 Å². The average Bonchev–Trinajstić information content (AvgIpc) is 2.59. The number of rotatable bonds is 5. The lowest BCUT2D eigenvalue weighted by Gasteiger charge is -2.33. The Morgan fingerprint density at radius 3 is 2.61 bits per heavy atom. The predicted molar refractivity (Wildman–Crippen MR) is 89.5 cm³/mol. The van der Waals surface area contributed by atoms with Crippen molar-refractivity contribution in [2.45, 2.75) is 26.7 Å². The molecule has 1 aliphatic rings. The molecule has 5 heteroatoms. The van der Waals surface area contributed by atoms with Gasteiger partial charge in [-0.2, -0.15) is 0 Å². The van der Waals surface area contributed by atoms with E-state index < -0.39 is 0 Å². The zero-order valence-electron chi connectivity index (χ0n) is 14.2. The van der Waals surface area contributed by atoms with E-state index in [1.54, 1.807) is 31.4 Å². The Hall–Kier alpha value is -2.04. The van der Waals surface area contributed by atoms with E-state index in [1.807, 2.05) is 18.7 Å². The van der Waals surface area contributed by atoms with Gasteiger partial charge < -0.3 is 15.0 Å². The summed E-state index contributed by atoms with van der Waals surface area (Å²) in [5.41, 5.74) is 0.678. The molecule has 1 N–H and O–H groups in total. The van der Waals surface area contributed by atoms with Crippen molar-refractivity contribution in [1.29, 1.82) is 0 Å². The number of nitrogens with one attached hydrogen (secondary N) is 1. The van der Waals surface area contributed by atoms with Crippen LogP contribution in [0.25, 0.3) is 0 Å². The fraction of sp³-hybridized carbons (Fsp3) is 0.556. The average molecular weight is 318 g/mol. The molecule has 5 nitrogen and oxygen atoms in total. The number of ether oxygens (including phenoxy) is 1. The Bertz CT molecular complexity index is 540. The van der Waals surface area contributed by atoms with Crippen molar-refractivity contribution < 1.29 is 14.3 Å². The van der Waals surface area contributed by atoms with E-state index in [0.29, 0.717) is 24.6 Å². The molecule has 0 radical (unpaired) electrons. The van der Waals surface area contributed by atoms with Crippen LogP contribution in [0, 0.1) is 11.8 Å². The van der Waals surface area contributed by atoms with E-state index in [-0.39, 0.29) is 17.7 Å². The number of methoxy groups -OCH3 is 1. The van der Waals surface area contributed by atoms with Crippen LogP contribution in [-0.2, 0) is 4.79 Å². The third-order valence-corrected chi connectivity index (χ3v) is 4.23. The topological polar surface area (TPSA) is 58.6 Å². The van der Waals surface area contributed by atoms with Crippen molar-refractivity contribution >= 4 is 11.8 Å². The van der Waals surface area contributed by atoms with Crippen LogP contribution in [0.1, 0.15) is 37.0 Å². The maximum atomic E-state index is 12.6. The molecule has 0 saturated carbocycles. The molecule has 1 aromatic carbocycles. The van der Waals surface area contributed by atoms with E-state index in [2.05, 4.69) is 5.32 Å². The fourth-order valence-electron chi connectivity index (χ4n) is 2.78. The van der Waals surface area contributed by atoms with Crippen molar-refractivity contribution in [3.05, 3.63) is 29.8 Å². The van der Waals surface area contributed by atoms with E-state index in [1.165, 1.54) is 0 Å². The summed E-state index contributed by atoms with van der Waals surface area (Å²) in [6, 6.07) is 7.20. The molecule has 1 aromatic rings. The number of hydrogen-bond acceptors (Lipinski definition) is 3. The summed E-state index contributed by atoms with van der Waals surface area (Å²) >= 11 is 0. The quantitative estimate of drug-likeness (QED) is 0.906. The highest BCUT2D eigenvalue weighted by Crippen LogP contribution is 2.19. The van der Waals surface area contributed by atoms with E-state index in [4.69, 9.17) is 4.74 Å². The van der Waals surface area contributed by atoms with Crippen LogP contribution in [0.5, 0.6) is 5.75 Å². The van der Waals surface area contributed by atoms with Crippen LogP contribution in [0.15, 0.2) is 24.3 Å². The van der Waals surface area contributed by atoms with Crippen molar-refractivity contribution in [2.24, 2.45) is 11.8 Å². The van der Waals surface area contributed by atoms with Gasteiger partial charge in [-0.1, -0.05) is 13.8 Å². The van der Waals surface area contributed by atoms with Crippen LogP contribution in [0.3, 0.4) is 0 Å². The third-order valence-electron chi connectivity index (χ3n) is 4.23. The Morgan fingerprint density at radius 2 is 2.00 bits per heavy atom. The van der Waals surface area contributed by atoms with Crippen molar-refractivity contribution in [2.75, 3.05) is 26.7 Å². The Labute approximate surface area is 138 Å². The van der Waals surface area contributed by atoms with Gasteiger partial charge in [0, 0.05) is 31.1 Å². The monoisotopic (exact) mass is 318 g/mol. The number of piperidine rings is 1. The Kier molecular flexibility index (Phi) is 6.02. The molecule has 1 saturated heterocycles. The summed E-state index contributed by atoms with van der Waals surface area (Å²) in [5, 5.41) is 2.97. The number of carbonyl (C=O) groups is 2. The molecule has 0 aliphatic carbocycles. The largest absolute Gasteiger partial charge is 0.497 e. The zero-order valence-corrected chi connectivity index (χ0v) is 14.2. The summed E-state index contributed by atoms with van der Waals surface area (Å²) in [6.07, 6.45) is 2.02. The summed E-state index contributed by atoms with van der Waals surface area (Å²) in [6.45, 7) is 5.89. The Morgan fingerprint density at radius 1 is 1.30 bits per heavy atom. The van der Waals surface area contributed by atoms with Crippen LogP contribution in [0.2, 0.25) is 0 Å². The lowest BCUT2D eigenvalue weighted by Crippen LogP contribution is -2.44. The molecule has 1 heterocycles. The summed E-state index contributed by atoms with van der Waals surface area (Å²) < 4.78 is 5.12. The second-order valence-corrected chi connectivity index (χ2v) is 6.39. The lowest BCUT2D eigenvalue weighted by atomic mass is 9.97. The summed E-state index contributed by atoms with van der Waals surface area (Å²) in [7, 11) is 1.61. The molecule has 0 bridgehead atoms. The highest BCUT2D eigenvalue weighted by molar-refractivity contribution is 5.94. The first-order chi connectivity index (χ1) is 11.0. The van der Waals surface area contributed by atoms with Gasteiger partial charge in [-0.05, 0) is 43.0 Å². The number of hydrogen-bond donors (Lipinski definition) is 1. The smallest absolute Gasteiger partial charge is 0.253 e. The van der Waals surface area contributed by atoms with Gasteiger partial charge >= 0.3 is 0 Å². The lowest BCUT2D eigenvalue weighted by molar-refractivity contribution is -0.124. The number of benzene rings is 1. The van der Waals surface area contributed by atoms with Crippen LogP contribution < -0.4 is 10.1 Å². The first-order valence-corrected chi connectivity index (χ1v) is 8.22. The van der Waals surface area contributed by atoms with Gasteiger partial charge in [0.15, 0.2) is 0 Å². The van der Waals surface area contributed by atoms with Crippen molar-refractivity contribution in [3.63, 3.8) is 0 Å². The summed E-state index contributed by atoms with van der Waals surface area (Å²) in [5.74, 6) is 1.19. The molecule has 1 fully saturated rings. The van der Waals surface area contributed by atoms with Gasteiger partial charge in [-0.25, -0.2) is 0 Å². The third kappa shape index (κ3) is 4.71. The molecule has 2 rings (SSSR count). The zero-order chi connectivity index (χ0) is 16.8. The van der Waals surface area contributed by atoms with Gasteiger partial charge in [0.05, 0.1) is 7.11 Å². The second-order valence-electron chi connectivity index (χ2n) is 6.39. The van der Waals surface area contributed by atoms with Crippen molar-refractivity contribution in [1.82, 2.24) is 10.2 Å². The van der Waals surface area contributed by atoms with Gasteiger partial charge in [-0.15, -0.1) is 0 Å². The van der Waals surface area contributed by atoms with Gasteiger partial charge in [-0.3, -0.25) is 9.59 Å². The standard InChI is InChI=1S/C18H26N2O3/c1-13(2)17(21)19-11-14-5-4-10-20(12-14)18(22)15-6-8-16(23-3)9-7-15/h6-9,13-14H,4-5,10-12H2,1-3H3,(H,19,21). The van der Waals surface area contributed by atoms with Gasteiger partial charge in [0.2, 0.25) is 5.91 Å². The maximum absolute atomic E-state index is 12.6. The molecular formula is C18H26N2O3. The number of likely N-dealkylation sites (tertiary alicyclic amines) is 1. The molecule has 1 unspecified atom stereocenters. The molecule has 1 aliphatic heterocycles. The Balaban J connectivity index is 1.91. The molecule has 1 atom stereocenters. The van der Waals surface area contributed by atoms with Crippen LogP contribution in [-0.4, -0.2) is 43.5 Å². The summed E-state index contributed by atoms with van der Waals surface area (Å²) in [4.78, 5) is 26.2. The van der Waals surface area contributed by atoms with E-state index in [0.717, 1.165) is 25.1 Å². The number of amides is 2. The number of carbonyl (C=O) groups excluding carboxylic acids is 2.